The Bertz CT molecular complexity index is 1210. The molecular formula is C36H46O4. The molecule has 0 N–H and O–H groups in total. The van der Waals surface area contributed by atoms with E-state index in [0.29, 0.717) is 23.8 Å². The highest BCUT2D eigenvalue weighted by molar-refractivity contribution is 5.93. The zero-order chi connectivity index (χ0) is 28.2. The smallest absolute Gasteiger partial charge is 0.343 e. The summed E-state index contributed by atoms with van der Waals surface area (Å²) in [6.45, 7) is 8.03. The van der Waals surface area contributed by atoms with Crippen LogP contribution < -0.4 is 14.2 Å². The van der Waals surface area contributed by atoms with Gasteiger partial charge in [-0.3, -0.25) is 0 Å². The molecule has 1 aliphatic carbocycles. The van der Waals surface area contributed by atoms with E-state index in [1.165, 1.54) is 68.1 Å². The zero-order valence-corrected chi connectivity index (χ0v) is 24.7. The molecule has 0 saturated heterocycles. The van der Waals surface area contributed by atoms with Crippen LogP contribution in [0.4, 0.5) is 0 Å². The molecule has 0 saturated carbocycles. The summed E-state index contributed by atoms with van der Waals surface area (Å²) in [7, 11) is 0. The summed E-state index contributed by atoms with van der Waals surface area (Å²) in [4.78, 5) is 12.9. The lowest BCUT2D eigenvalue weighted by molar-refractivity contribution is 0.0734. The molecule has 0 spiro atoms. The van der Waals surface area contributed by atoms with Gasteiger partial charge in [-0.25, -0.2) is 4.79 Å². The third-order valence-corrected chi connectivity index (χ3v) is 7.87. The lowest BCUT2D eigenvalue weighted by Crippen LogP contribution is -2.09. The van der Waals surface area contributed by atoms with Crippen molar-refractivity contribution in [1.29, 1.82) is 0 Å². The van der Waals surface area contributed by atoms with Crippen LogP contribution in [-0.4, -0.2) is 19.2 Å². The number of esters is 1. The first-order chi connectivity index (χ1) is 19.6. The van der Waals surface area contributed by atoms with E-state index in [0.717, 1.165) is 42.9 Å². The van der Waals surface area contributed by atoms with Crippen molar-refractivity contribution in [3.63, 3.8) is 0 Å². The largest absolute Gasteiger partial charge is 0.494 e. The van der Waals surface area contributed by atoms with Crippen molar-refractivity contribution in [2.45, 2.75) is 91.4 Å². The number of carbonyl (C=O) groups is 1. The molecule has 214 valence electrons. The minimum Gasteiger partial charge on any atom is -0.494 e. The minimum atomic E-state index is -0.350. The Kier molecular flexibility index (Phi) is 11.5. The lowest BCUT2D eigenvalue weighted by atomic mass is 10.0. The molecule has 4 nitrogen and oxygen atoms in total. The van der Waals surface area contributed by atoms with Crippen molar-refractivity contribution >= 4 is 5.97 Å². The van der Waals surface area contributed by atoms with Gasteiger partial charge >= 0.3 is 5.97 Å². The summed E-state index contributed by atoms with van der Waals surface area (Å²) >= 11 is 0. The Balaban J connectivity index is 1.23. The van der Waals surface area contributed by atoms with Crippen molar-refractivity contribution in [3.05, 3.63) is 77.4 Å². The molecule has 1 atom stereocenters. The van der Waals surface area contributed by atoms with Crippen molar-refractivity contribution < 1.29 is 19.0 Å². The fourth-order valence-corrected chi connectivity index (χ4v) is 5.13. The molecule has 3 aromatic carbocycles. The van der Waals surface area contributed by atoms with Crippen LogP contribution >= 0.6 is 0 Å². The van der Waals surface area contributed by atoms with Gasteiger partial charge in [0.25, 0.3) is 0 Å². The first-order valence-corrected chi connectivity index (χ1v) is 15.4. The molecule has 0 radical (unpaired) electrons. The third-order valence-electron chi connectivity index (χ3n) is 7.87. The van der Waals surface area contributed by atoms with Crippen LogP contribution in [0.25, 0.3) is 11.1 Å². The summed E-state index contributed by atoms with van der Waals surface area (Å²) in [5, 5.41) is 0. The van der Waals surface area contributed by atoms with E-state index in [9.17, 15) is 4.79 Å². The molecule has 0 bridgehead atoms. The average Bonchev–Trinajstić information content (AvgIpc) is 3.34. The fraction of sp³-hybridized carbons (Fsp3) is 0.472. The van der Waals surface area contributed by atoms with Gasteiger partial charge in [0.15, 0.2) is 0 Å². The highest BCUT2D eigenvalue weighted by Crippen LogP contribution is 2.39. The Morgan fingerprint density at radius 3 is 2.00 bits per heavy atom. The van der Waals surface area contributed by atoms with Gasteiger partial charge in [0.05, 0.1) is 18.8 Å². The number of carbonyl (C=O) groups excluding carboxylic acids is 1. The van der Waals surface area contributed by atoms with Gasteiger partial charge in [0.2, 0.25) is 0 Å². The normalized spacial score (nSPS) is 12.5. The zero-order valence-electron chi connectivity index (χ0n) is 24.7. The molecule has 0 aromatic heterocycles. The SMILES string of the molecule is CCCCCCCCCCCOc1ccc2c(c1)Cc1cc(C(=O)Oc3ccc(OCC(C)CC)cc3)ccc1-2. The van der Waals surface area contributed by atoms with Crippen LogP contribution in [0.3, 0.4) is 0 Å². The van der Waals surface area contributed by atoms with Gasteiger partial charge in [0, 0.05) is 0 Å². The third kappa shape index (κ3) is 8.61. The predicted octanol–water partition coefficient (Wildman–Crippen LogP) is 9.81. The molecule has 1 aliphatic rings. The van der Waals surface area contributed by atoms with E-state index in [4.69, 9.17) is 14.2 Å². The molecule has 40 heavy (non-hydrogen) atoms. The molecular weight excluding hydrogens is 496 g/mol. The van der Waals surface area contributed by atoms with Gasteiger partial charge in [-0.15, -0.1) is 0 Å². The number of rotatable bonds is 17. The van der Waals surface area contributed by atoms with E-state index >= 15 is 0 Å². The van der Waals surface area contributed by atoms with E-state index in [-0.39, 0.29) is 5.97 Å². The van der Waals surface area contributed by atoms with Crippen LogP contribution in [0.2, 0.25) is 0 Å². The van der Waals surface area contributed by atoms with Crippen molar-refractivity contribution in [2.75, 3.05) is 13.2 Å². The minimum absolute atomic E-state index is 0.350. The lowest BCUT2D eigenvalue weighted by Gasteiger charge is -2.11. The standard InChI is InChI=1S/C36H46O4/c1-4-6-7-8-9-10-11-12-13-22-38-33-19-21-35-30(25-33)24-29-23-28(14-20-34(29)35)36(37)40-32-17-15-31(16-18-32)39-26-27(3)5-2/h14-21,23,25,27H,4-13,22,24,26H2,1-3H3. The quantitative estimate of drug-likeness (QED) is 0.0756. The summed E-state index contributed by atoms with van der Waals surface area (Å²) in [5.41, 5.74) is 5.36. The molecule has 0 fully saturated rings. The summed E-state index contributed by atoms with van der Waals surface area (Å²) in [6.07, 6.45) is 13.7. The Hall–Kier alpha value is -3.27. The first-order valence-electron chi connectivity index (χ1n) is 15.4. The Labute approximate surface area is 241 Å². The van der Waals surface area contributed by atoms with Crippen molar-refractivity contribution in [3.8, 4) is 28.4 Å². The molecule has 0 heterocycles. The van der Waals surface area contributed by atoms with Gasteiger partial charge < -0.3 is 14.2 Å². The molecule has 4 rings (SSSR count). The second-order valence-electron chi connectivity index (χ2n) is 11.2. The molecule has 3 aromatic rings. The van der Waals surface area contributed by atoms with Crippen LogP contribution in [0.1, 0.15) is 106 Å². The predicted molar refractivity (Wildman–Crippen MR) is 164 cm³/mol. The van der Waals surface area contributed by atoms with Crippen LogP contribution in [0.15, 0.2) is 60.7 Å². The van der Waals surface area contributed by atoms with E-state index < -0.39 is 0 Å². The monoisotopic (exact) mass is 542 g/mol. The summed E-state index contributed by atoms with van der Waals surface area (Å²) in [5.74, 6) is 2.39. The number of benzene rings is 3. The maximum absolute atomic E-state index is 12.9. The number of ether oxygens (including phenoxy) is 3. The molecule has 0 aliphatic heterocycles. The highest BCUT2D eigenvalue weighted by Gasteiger charge is 2.21. The molecule has 0 amide bonds. The van der Waals surface area contributed by atoms with Crippen LogP contribution in [0, 0.1) is 5.92 Å². The molecule has 4 heteroatoms. The maximum atomic E-state index is 12.9. The number of hydrogen-bond donors (Lipinski definition) is 0. The van der Waals surface area contributed by atoms with Gasteiger partial charge in [-0.05, 0) is 89.5 Å². The average molecular weight is 543 g/mol. The van der Waals surface area contributed by atoms with Gasteiger partial charge in [0.1, 0.15) is 17.2 Å². The fourth-order valence-electron chi connectivity index (χ4n) is 5.13. The second-order valence-corrected chi connectivity index (χ2v) is 11.2. The topological polar surface area (TPSA) is 44.8 Å². The van der Waals surface area contributed by atoms with E-state index in [1.807, 2.05) is 30.3 Å². The first kappa shape index (κ1) is 29.7. The van der Waals surface area contributed by atoms with Crippen molar-refractivity contribution in [1.82, 2.24) is 0 Å². The highest BCUT2D eigenvalue weighted by atomic mass is 16.5. The maximum Gasteiger partial charge on any atom is 0.343 e. The molecule has 1 unspecified atom stereocenters. The summed E-state index contributed by atoms with van der Waals surface area (Å²) < 4.78 is 17.5. The van der Waals surface area contributed by atoms with Crippen LogP contribution in [0.5, 0.6) is 17.2 Å². The van der Waals surface area contributed by atoms with Gasteiger partial charge in [-0.2, -0.15) is 0 Å². The van der Waals surface area contributed by atoms with Gasteiger partial charge in [-0.1, -0.05) is 90.7 Å². The van der Waals surface area contributed by atoms with E-state index in [2.05, 4.69) is 39.0 Å². The number of hydrogen-bond acceptors (Lipinski definition) is 4. The Morgan fingerprint density at radius 2 is 1.30 bits per heavy atom. The number of unbranched alkanes of at least 4 members (excludes halogenated alkanes) is 8. The number of fused-ring (bicyclic) bond motifs is 3. The van der Waals surface area contributed by atoms with Crippen LogP contribution in [-0.2, 0) is 6.42 Å². The summed E-state index contributed by atoms with van der Waals surface area (Å²) in [6, 6.07) is 19.5. The van der Waals surface area contributed by atoms with E-state index in [1.54, 1.807) is 12.1 Å². The second kappa shape index (κ2) is 15.5. The Morgan fingerprint density at radius 1 is 0.700 bits per heavy atom. The van der Waals surface area contributed by atoms with Crippen molar-refractivity contribution in [2.24, 2.45) is 5.92 Å².